The number of hydrogen-bond donors (Lipinski definition) is 0. The Hall–Kier alpha value is -2.69. The van der Waals surface area contributed by atoms with Crippen molar-refractivity contribution in [1.29, 1.82) is 0 Å². The third-order valence-electron chi connectivity index (χ3n) is 3.81. The van der Waals surface area contributed by atoms with Crippen LogP contribution < -0.4 is 0 Å². The van der Waals surface area contributed by atoms with E-state index in [2.05, 4.69) is 0 Å². The number of benzene rings is 2. The van der Waals surface area contributed by atoms with E-state index in [1.807, 2.05) is 18.2 Å². The Morgan fingerprint density at radius 3 is 2.41 bits per heavy atom. The van der Waals surface area contributed by atoms with Gasteiger partial charge in [0.2, 0.25) is 0 Å². The van der Waals surface area contributed by atoms with Crippen LogP contribution in [-0.4, -0.2) is 28.9 Å². The first kappa shape index (κ1) is 14.3. The molecule has 0 saturated carbocycles. The molecule has 0 fully saturated rings. The number of likely N-dealkylation sites (N-methyl/N-ethyl adjacent to an activating group) is 1. The van der Waals surface area contributed by atoms with Crippen molar-refractivity contribution in [2.24, 2.45) is 0 Å². The lowest BCUT2D eigenvalue weighted by molar-refractivity contribution is -0.148. The Morgan fingerprint density at radius 1 is 1.14 bits per heavy atom. The Morgan fingerprint density at radius 2 is 1.77 bits per heavy atom. The van der Waals surface area contributed by atoms with Crippen molar-refractivity contribution in [3.63, 3.8) is 0 Å². The van der Waals surface area contributed by atoms with Gasteiger partial charge < -0.3 is 4.90 Å². The number of fused-ring (bicyclic) bond motifs is 1. The number of amides is 2. The standard InChI is InChI=1S/C17H15FN2O2/c1-19(18)17(22)15(12-7-3-2-4-8-12)20-11-13-9-5-6-10-14(13)16(20)21/h2-10,15H,11H2,1H3. The molecule has 0 spiro atoms. The maximum absolute atomic E-state index is 13.5. The second-order valence-corrected chi connectivity index (χ2v) is 5.22. The molecular weight excluding hydrogens is 283 g/mol. The van der Waals surface area contributed by atoms with Crippen molar-refractivity contribution >= 4 is 11.8 Å². The van der Waals surface area contributed by atoms with Crippen LogP contribution >= 0.6 is 0 Å². The molecule has 0 N–H and O–H groups in total. The number of halogens is 1. The molecule has 2 aromatic carbocycles. The number of rotatable bonds is 3. The molecule has 1 heterocycles. The highest BCUT2D eigenvalue weighted by atomic mass is 19.2. The van der Waals surface area contributed by atoms with E-state index in [1.54, 1.807) is 36.4 Å². The fourth-order valence-corrected chi connectivity index (χ4v) is 2.75. The fraction of sp³-hybridized carbons (Fsp3) is 0.176. The zero-order valence-electron chi connectivity index (χ0n) is 12.1. The summed E-state index contributed by atoms with van der Waals surface area (Å²) in [5.41, 5.74) is 2.01. The van der Waals surface area contributed by atoms with Crippen molar-refractivity contribution in [1.82, 2.24) is 10.0 Å². The summed E-state index contributed by atoms with van der Waals surface area (Å²) in [5, 5.41) is 0.0356. The molecule has 1 aliphatic rings. The van der Waals surface area contributed by atoms with Gasteiger partial charge in [0.15, 0.2) is 0 Å². The van der Waals surface area contributed by atoms with Crippen molar-refractivity contribution < 1.29 is 14.1 Å². The zero-order chi connectivity index (χ0) is 15.7. The SMILES string of the molecule is CN(F)C(=O)C(c1ccccc1)N1Cc2ccccc2C1=O. The first-order chi connectivity index (χ1) is 10.6. The smallest absolute Gasteiger partial charge is 0.277 e. The normalized spacial score (nSPS) is 14.6. The van der Waals surface area contributed by atoms with Gasteiger partial charge >= 0.3 is 0 Å². The minimum Gasteiger partial charge on any atom is -0.318 e. The largest absolute Gasteiger partial charge is 0.318 e. The third-order valence-corrected chi connectivity index (χ3v) is 3.81. The van der Waals surface area contributed by atoms with Gasteiger partial charge in [-0.05, 0) is 17.2 Å². The number of carbonyl (C=O) groups is 2. The van der Waals surface area contributed by atoms with Crippen LogP contribution in [0.4, 0.5) is 4.48 Å². The zero-order valence-corrected chi connectivity index (χ0v) is 12.1. The van der Waals surface area contributed by atoms with Crippen LogP contribution in [0.5, 0.6) is 0 Å². The fourth-order valence-electron chi connectivity index (χ4n) is 2.75. The first-order valence-corrected chi connectivity index (χ1v) is 6.97. The molecule has 22 heavy (non-hydrogen) atoms. The van der Waals surface area contributed by atoms with Crippen LogP contribution in [0.25, 0.3) is 0 Å². The molecule has 1 atom stereocenters. The van der Waals surface area contributed by atoms with Crippen molar-refractivity contribution in [3.8, 4) is 0 Å². The van der Waals surface area contributed by atoms with E-state index in [4.69, 9.17) is 0 Å². The van der Waals surface area contributed by atoms with Gasteiger partial charge in [-0.25, -0.2) is 0 Å². The molecule has 2 aromatic rings. The highest BCUT2D eigenvalue weighted by Gasteiger charge is 2.38. The van der Waals surface area contributed by atoms with E-state index >= 15 is 0 Å². The molecule has 5 heteroatoms. The molecule has 2 amide bonds. The lowest BCUT2D eigenvalue weighted by Gasteiger charge is -2.27. The molecule has 0 radical (unpaired) electrons. The third kappa shape index (κ3) is 2.35. The molecule has 0 saturated heterocycles. The van der Waals surface area contributed by atoms with E-state index < -0.39 is 11.9 Å². The first-order valence-electron chi connectivity index (χ1n) is 6.97. The summed E-state index contributed by atoms with van der Waals surface area (Å²) in [6.45, 7) is 0.300. The topological polar surface area (TPSA) is 40.6 Å². The van der Waals surface area contributed by atoms with E-state index in [9.17, 15) is 14.1 Å². The second-order valence-electron chi connectivity index (χ2n) is 5.22. The van der Waals surface area contributed by atoms with Crippen molar-refractivity contribution in [2.75, 3.05) is 7.05 Å². The quantitative estimate of drug-likeness (QED) is 0.818. The summed E-state index contributed by atoms with van der Waals surface area (Å²) in [6.07, 6.45) is 0. The van der Waals surface area contributed by atoms with E-state index in [0.29, 0.717) is 17.7 Å². The molecule has 3 rings (SSSR count). The molecule has 4 nitrogen and oxygen atoms in total. The van der Waals surface area contributed by atoms with Gasteiger partial charge in [0, 0.05) is 19.2 Å². The van der Waals surface area contributed by atoms with Crippen molar-refractivity contribution in [3.05, 3.63) is 71.3 Å². The minimum atomic E-state index is -0.962. The van der Waals surface area contributed by atoms with Gasteiger partial charge in [0.05, 0.1) is 0 Å². The molecule has 1 unspecified atom stereocenters. The molecule has 112 valence electrons. The van der Waals surface area contributed by atoms with Crippen LogP contribution in [0.1, 0.15) is 27.5 Å². The van der Waals surface area contributed by atoms with E-state index in [1.165, 1.54) is 4.90 Å². The predicted octanol–water partition coefficient (Wildman–Crippen LogP) is 2.73. The average molecular weight is 298 g/mol. The molecule has 1 aliphatic heterocycles. The molecule has 0 aliphatic carbocycles. The monoisotopic (exact) mass is 298 g/mol. The van der Waals surface area contributed by atoms with Crippen molar-refractivity contribution in [2.45, 2.75) is 12.6 Å². The lowest BCUT2D eigenvalue weighted by atomic mass is 10.0. The molecular formula is C17H15FN2O2. The van der Waals surface area contributed by atoms with Gasteiger partial charge in [0.1, 0.15) is 6.04 Å². The summed E-state index contributed by atoms with van der Waals surface area (Å²) < 4.78 is 13.5. The summed E-state index contributed by atoms with van der Waals surface area (Å²) in [4.78, 5) is 26.3. The average Bonchev–Trinajstić information content (AvgIpc) is 2.86. The highest BCUT2D eigenvalue weighted by molar-refractivity contribution is 6.01. The van der Waals surface area contributed by atoms with Crippen LogP contribution in [0.15, 0.2) is 54.6 Å². The number of hydrogen-bond acceptors (Lipinski definition) is 2. The summed E-state index contributed by atoms with van der Waals surface area (Å²) in [7, 11) is 1.05. The Labute approximate surface area is 127 Å². The summed E-state index contributed by atoms with van der Waals surface area (Å²) in [6, 6.07) is 15.0. The minimum absolute atomic E-state index is 0.0356. The predicted molar refractivity (Wildman–Crippen MR) is 79.4 cm³/mol. The summed E-state index contributed by atoms with van der Waals surface area (Å²) >= 11 is 0. The maximum atomic E-state index is 13.5. The summed E-state index contributed by atoms with van der Waals surface area (Å²) in [5.74, 6) is -1.01. The molecule has 0 bridgehead atoms. The number of nitrogens with zero attached hydrogens (tertiary/aromatic N) is 2. The second kappa shape index (κ2) is 5.60. The molecule has 0 aromatic heterocycles. The van der Waals surface area contributed by atoms with Gasteiger partial charge in [-0.3, -0.25) is 9.59 Å². The van der Waals surface area contributed by atoms with E-state index in [-0.39, 0.29) is 11.0 Å². The van der Waals surface area contributed by atoms with Crippen LogP contribution in [0.2, 0.25) is 0 Å². The Bertz CT molecular complexity index is 716. The van der Waals surface area contributed by atoms with Gasteiger partial charge in [-0.2, -0.15) is 5.12 Å². The van der Waals surface area contributed by atoms with Crippen LogP contribution in [0, 0.1) is 0 Å². The van der Waals surface area contributed by atoms with E-state index in [0.717, 1.165) is 12.6 Å². The van der Waals surface area contributed by atoms with Gasteiger partial charge in [-0.15, -0.1) is 0 Å². The Balaban J connectivity index is 2.02. The maximum Gasteiger partial charge on any atom is 0.277 e. The lowest BCUT2D eigenvalue weighted by Crippen LogP contribution is -2.39. The van der Waals surface area contributed by atoms with Gasteiger partial charge in [0.25, 0.3) is 11.8 Å². The number of carbonyl (C=O) groups excluding carboxylic acids is 2. The highest BCUT2D eigenvalue weighted by Crippen LogP contribution is 2.32. The van der Waals surface area contributed by atoms with Crippen LogP contribution in [0.3, 0.4) is 0 Å². The van der Waals surface area contributed by atoms with Gasteiger partial charge in [-0.1, -0.05) is 53.0 Å². The Kier molecular flexibility index (Phi) is 3.63. The van der Waals surface area contributed by atoms with Crippen LogP contribution in [-0.2, 0) is 11.3 Å².